The first-order chi connectivity index (χ1) is 31.4. The number of rotatable bonds is 16. The Kier molecular flexibility index (Phi) is 17.4. The number of aromatic nitrogens is 6. The Labute approximate surface area is 383 Å². The molecule has 11 nitrogen and oxygen atoms in total. The van der Waals surface area contributed by atoms with Crippen LogP contribution in [-0.2, 0) is 57.7 Å². The van der Waals surface area contributed by atoms with Crippen LogP contribution in [0.5, 0.6) is 0 Å². The Morgan fingerprint density at radius 3 is 1.42 bits per heavy atom. The largest absolute Gasteiger partial charge is 0.330 e. The standard InChI is InChI=1S/C25H24FN3O2S.C19H20FN3.C5H4ClNO2S/c26-22-11-9-20(10-12-22)13-15-29-19-28-18-25(29)24-8-2-1-5-21(24)6-4-16-32(30,31)23-7-3-14-27-17-23;20-17-7-5-15(6-8-17)10-12-23-14-22-13-19(23)18-4-2-1-3-16(18)9-11-21;6-10(8,9)5-2-1-3-7-4-5/h1-3,5,7-12,14,17-19H,4,6,13,15-16H2;1-8,13-14H,9-12,21H2;1-4H. The molecule has 0 spiro atoms. The lowest BCUT2D eigenvalue weighted by atomic mass is 10.0. The number of nitrogens with zero attached hydrogens (tertiary/aromatic N) is 6. The van der Waals surface area contributed by atoms with E-state index in [1.54, 1.807) is 36.8 Å². The Balaban J connectivity index is 0.000000184. The van der Waals surface area contributed by atoms with Crippen LogP contribution in [0.15, 0.2) is 181 Å². The highest BCUT2D eigenvalue weighted by atomic mass is 35.7. The molecule has 65 heavy (non-hydrogen) atoms. The van der Waals surface area contributed by atoms with E-state index in [0.717, 1.165) is 59.4 Å². The lowest BCUT2D eigenvalue weighted by Crippen LogP contribution is -2.08. The van der Waals surface area contributed by atoms with Gasteiger partial charge in [0.05, 0.1) is 47.1 Å². The fourth-order valence-electron chi connectivity index (χ4n) is 6.97. The SMILES string of the molecule is NCCc1ccccc1-c1cncn1CCc1ccc(F)cc1.O=S(=O)(CCCc1ccccc1-c1cncn1CCc1ccc(F)cc1)c1cccnc1.O=S(=O)(Cl)c1cccnc1. The van der Waals surface area contributed by atoms with Gasteiger partial charge in [0.15, 0.2) is 9.84 Å². The van der Waals surface area contributed by atoms with Gasteiger partial charge in [0, 0.05) is 59.7 Å². The number of sulfone groups is 1. The van der Waals surface area contributed by atoms with Crippen LogP contribution in [0.25, 0.3) is 22.5 Å². The fourth-order valence-corrected chi connectivity index (χ4v) is 8.94. The molecule has 8 aromatic rings. The molecule has 0 fully saturated rings. The molecule has 336 valence electrons. The predicted molar refractivity (Wildman–Crippen MR) is 250 cm³/mol. The zero-order chi connectivity index (χ0) is 46.1. The van der Waals surface area contributed by atoms with Crippen LogP contribution in [0.2, 0.25) is 0 Å². The summed E-state index contributed by atoms with van der Waals surface area (Å²) >= 11 is 0. The van der Waals surface area contributed by atoms with Gasteiger partial charge in [-0.2, -0.15) is 0 Å². The minimum Gasteiger partial charge on any atom is -0.330 e. The first-order valence-corrected chi connectivity index (χ1v) is 24.7. The molecule has 0 aliphatic heterocycles. The lowest BCUT2D eigenvalue weighted by molar-refractivity contribution is 0.592. The van der Waals surface area contributed by atoms with Crippen molar-refractivity contribution in [2.45, 2.75) is 55.0 Å². The zero-order valence-corrected chi connectivity index (χ0v) is 37.8. The van der Waals surface area contributed by atoms with Crippen LogP contribution < -0.4 is 5.73 Å². The highest BCUT2D eigenvalue weighted by molar-refractivity contribution is 8.13. The normalized spacial score (nSPS) is 11.3. The van der Waals surface area contributed by atoms with Gasteiger partial charge in [-0.3, -0.25) is 9.97 Å². The fraction of sp³-hybridized carbons (Fsp3) is 0.184. The van der Waals surface area contributed by atoms with Crippen LogP contribution >= 0.6 is 10.7 Å². The van der Waals surface area contributed by atoms with Gasteiger partial charge in [0.25, 0.3) is 9.05 Å². The third kappa shape index (κ3) is 14.3. The monoisotopic (exact) mass is 935 g/mol. The molecule has 0 unspecified atom stereocenters. The highest BCUT2D eigenvalue weighted by Gasteiger charge is 2.16. The summed E-state index contributed by atoms with van der Waals surface area (Å²) in [5.74, 6) is -0.374. The molecule has 0 aliphatic carbocycles. The number of nitrogens with two attached hydrogens (primary N) is 1. The molecule has 0 amide bonds. The second-order valence-corrected chi connectivity index (χ2v) is 19.5. The average molecular weight is 937 g/mol. The molecular weight excluding hydrogens is 888 g/mol. The van der Waals surface area contributed by atoms with Crippen molar-refractivity contribution in [3.8, 4) is 22.5 Å². The molecule has 0 saturated heterocycles. The molecule has 8 rings (SSSR count). The Hall–Kier alpha value is -6.39. The van der Waals surface area contributed by atoms with Gasteiger partial charge >= 0.3 is 0 Å². The minimum absolute atomic E-state index is 0.0247. The Bertz CT molecular complexity index is 2940. The lowest BCUT2D eigenvalue weighted by Gasteiger charge is -2.13. The van der Waals surface area contributed by atoms with Crippen molar-refractivity contribution < 1.29 is 25.6 Å². The molecular formula is C49H48ClF2N7O4S2. The third-order valence-electron chi connectivity index (χ3n) is 10.3. The number of halogens is 3. The topological polar surface area (TPSA) is 156 Å². The number of benzene rings is 4. The molecule has 0 saturated carbocycles. The van der Waals surface area contributed by atoms with Gasteiger partial charge in [-0.05, 0) is 109 Å². The van der Waals surface area contributed by atoms with Crippen molar-refractivity contribution in [3.63, 3.8) is 0 Å². The van der Waals surface area contributed by atoms with E-state index >= 15 is 0 Å². The van der Waals surface area contributed by atoms with E-state index in [9.17, 15) is 25.6 Å². The van der Waals surface area contributed by atoms with E-state index in [-0.39, 0.29) is 27.2 Å². The van der Waals surface area contributed by atoms with Crippen LogP contribution in [0.1, 0.15) is 28.7 Å². The van der Waals surface area contributed by atoms with E-state index < -0.39 is 18.9 Å². The van der Waals surface area contributed by atoms with Gasteiger partial charge in [0.1, 0.15) is 16.5 Å². The van der Waals surface area contributed by atoms with Crippen LogP contribution in [0.3, 0.4) is 0 Å². The van der Waals surface area contributed by atoms with Gasteiger partial charge < -0.3 is 14.9 Å². The molecule has 0 aliphatic rings. The summed E-state index contributed by atoms with van der Waals surface area (Å²) in [5.41, 5.74) is 14.5. The average Bonchev–Trinajstić information content (AvgIpc) is 4.00. The van der Waals surface area contributed by atoms with Crippen molar-refractivity contribution in [3.05, 3.63) is 205 Å². The van der Waals surface area contributed by atoms with Crippen LogP contribution in [0, 0.1) is 11.6 Å². The molecule has 0 bridgehead atoms. The maximum atomic E-state index is 13.1. The Morgan fingerprint density at radius 2 is 0.985 bits per heavy atom. The molecule has 16 heteroatoms. The maximum absolute atomic E-state index is 13.1. The summed E-state index contributed by atoms with van der Waals surface area (Å²) in [6, 6.07) is 35.6. The van der Waals surface area contributed by atoms with Gasteiger partial charge in [0.2, 0.25) is 0 Å². The van der Waals surface area contributed by atoms with E-state index in [1.165, 1.54) is 66.1 Å². The first kappa shape index (κ1) is 48.1. The summed E-state index contributed by atoms with van der Waals surface area (Å²) < 4.78 is 76.6. The summed E-state index contributed by atoms with van der Waals surface area (Å²) in [7, 11) is -1.96. The zero-order valence-electron chi connectivity index (χ0n) is 35.4. The summed E-state index contributed by atoms with van der Waals surface area (Å²) in [5, 5.41) is 0. The quantitative estimate of drug-likeness (QED) is 0.0934. The van der Waals surface area contributed by atoms with Gasteiger partial charge in [-0.1, -0.05) is 72.8 Å². The van der Waals surface area contributed by atoms with Crippen molar-refractivity contribution in [2.75, 3.05) is 12.3 Å². The van der Waals surface area contributed by atoms with Crippen molar-refractivity contribution >= 4 is 29.6 Å². The van der Waals surface area contributed by atoms with Gasteiger partial charge in [-0.15, -0.1) is 0 Å². The molecule has 0 atom stereocenters. The highest BCUT2D eigenvalue weighted by Crippen LogP contribution is 2.27. The summed E-state index contributed by atoms with van der Waals surface area (Å²) in [4.78, 5) is 16.4. The van der Waals surface area contributed by atoms with Crippen molar-refractivity contribution in [1.82, 2.24) is 29.1 Å². The molecule has 4 heterocycles. The molecule has 0 radical (unpaired) electrons. The van der Waals surface area contributed by atoms with Crippen LogP contribution in [-0.4, -0.2) is 58.2 Å². The number of pyridine rings is 2. The second-order valence-electron chi connectivity index (χ2n) is 14.8. The van der Waals surface area contributed by atoms with E-state index in [1.807, 2.05) is 67.3 Å². The smallest absolute Gasteiger partial charge is 0.262 e. The van der Waals surface area contributed by atoms with E-state index in [0.29, 0.717) is 25.9 Å². The van der Waals surface area contributed by atoms with Crippen molar-refractivity contribution in [2.24, 2.45) is 5.73 Å². The summed E-state index contributed by atoms with van der Waals surface area (Å²) in [6.45, 7) is 2.14. The Morgan fingerprint density at radius 1 is 0.523 bits per heavy atom. The first-order valence-electron chi connectivity index (χ1n) is 20.7. The van der Waals surface area contributed by atoms with Crippen molar-refractivity contribution in [1.29, 1.82) is 0 Å². The van der Waals surface area contributed by atoms with E-state index in [2.05, 4.69) is 41.2 Å². The predicted octanol–water partition coefficient (Wildman–Crippen LogP) is 9.18. The number of hydrogen-bond donors (Lipinski definition) is 1. The summed E-state index contributed by atoms with van der Waals surface area (Å²) in [6.07, 6.45) is 16.6. The van der Waals surface area contributed by atoms with E-state index in [4.69, 9.17) is 16.4 Å². The molecule has 2 N–H and O–H groups in total. The molecule has 4 aromatic carbocycles. The number of imidazole rings is 2. The molecule has 4 aromatic heterocycles. The number of aryl methyl sites for hydroxylation is 5. The minimum atomic E-state index is -3.59. The third-order valence-corrected chi connectivity index (χ3v) is 13.4. The van der Waals surface area contributed by atoms with Crippen LogP contribution in [0.4, 0.5) is 8.78 Å². The second kappa shape index (κ2) is 23.5. The van der Waals surface area contributed by atoms with Gasteiger partial charge in [-0.25, -0.2) is 35.6 Å². The number of hydrogen-bond acceptors (Lipinski definition) is 9. The maximum Gasteiger partial charge on any atom is 0.262 e.